The monoisotopic (exact) mass is 595 g/mol. The van der Waals surface area contributed by atoms with Gasteiger partial charge in [-0.1, -0.05) is 53.4 Å². The van der Waals surface area contributed by atoms with Crippen molar-refractivity contribution in [1.82, 2.24) is 15.5 Å². The minimum atomic E-state index is -1.11. The van der Waals surface area contributed by atoms with E-state index in [2.05, 4.69) is 29.8 Å². The van der Waals surface area contributed by atoms with E-state index in [9.17, 15) is 28.8 Å². The Morgan fingerprint density at radius 2 is 1.63 bits per heavy atom. The number of fused-ring (bicyclic) bond motifs is 1. The smallest absolute Gasteiger partial charge is 0.319 e. The first-order chi connectivity index (χ1) is 20.4. The summed E-state index contributed by atoms with van der Waals surface area (Å²) in [5, 5.41) is 8.41. The Labute approximate surface area is 253 Å². The van der Waals surface area contributed by atoms with Crippen molar-refractivity contribution in [2.24, 2.45) is 28.9 Å². The molecule has 3 fully saturated rings. The number of benzene rings is 1. The van der Waals surface area contributed by atoms with Gasteiger partial charge in [-0.2, -0.15) is 0 Å². The van der Waals surface area contributed by atoms with E-state index in [0.29, 0.717) is 30.6 Å². The normalized spacial score (nSPS) is 23.8. The van der Waals surface area contributed by atoms with E-state index < -0.39 is 41.8 Å². The van der Waals surface area contributed by atoms with Gasteiger partial charge in [-0.15, -0.1) is 0 Å². The van der Waals surface area contributed by atoms with Crippen LogP contribution < -0.4 is 21.7 Å². The van der Waals surface area contributed by atoms with Gasteiger partial charge in [0.1, 0.15) is 12.1 Å². The van der Waals surface area contributed by atoms with Gasteiger partial charge in [0.05, 0.1) is 6.04 Å². The average molecular weight is 596 g/mol. The molecule has 3 unspecified atom stereocenters. The average Bonchev–Trinajstić information content (AvgIpc) is 3.30. The standard InChI is InChI=1S/C32H45N5O6/c1-5-10-22(27(39)28(33)40)35-29(41)26-24-21(32(24,3)4)17-37(26)30(42)25(19-11-8-7-9-12-19)36-31(43)34-20-15-13-18(14-16-20)23(38)6-2/h13-16,19,21-22,24-26H,5-12,17H2,1-4H3,(H2,33,40)(H,35,41)(H2,34,36,43)/t21?,22?,24?,25-,26-/m0/s1. The lowest BCUT2D eigenvalue weighted by atomic mass is 9.83. The van der Waals surface area contributed by atoms with Crippen LogP contribution in [-0.4, -0.2) is 64.9 Å². The number of urea groups is 1. The second kappa shape index (κ2) is 13.3. The lowest BCUT2D eigenvalue weighted by molar-refractivity contribution is -0.144. The van der Waals surface area contributed by atoms with Crippen molar-refractivity contribution in [3.8, 4) is 0 Å². The molecule has 1 heterocycles. The van der Waals surface area contributed by atoms with Gasteiger partial charge >= 0.3 is 6.03 Å². The summed E-state index contributed by atoms with van der Waals surface area (Å²) in [5.41, 5.74) is 6.12. The predicted molar refractivity (Wildman–Crippen MR) is 161 cm³/mol. The molecular formula is C32H45N5O6. The zero-order chi connectivity index (χ0) is 31.5. The van der Waals surface area contributed by atoms with Crippen LogP contribution in [0.1, 0.15) is 89.4 Å². The molecule has 234 valence electrons. The van der Waals surface area contributed by atoms with Gasteiger partial charge in [0, 0.05) is 24.2 Å². The molecule has 43 heavy (non-hydrogen) atoms. The first-order valence-electron chi connectivity index (χ1n) is 15.6. The summed E-state index contributed by atoms with van der Waals surface area (Å²) in [6.45, 7) is 8.12. The molecule has 2 aliphatic carbocycles. The summed E-state index contributed by atoms with van der Waals surface area (Å²) in [4.78, 5) is 78.7. The Bertz CT molecular complexity index is 1260. The van der Waals surface area contributed by atoms with Crippen LogP contribution in [0.25, 0.3) is 0 Å². The number of carbonyl (C=O) groups is 6. The van der Waals surface area contributed by atoms with Crippen LogP contribution in [0.3, 0.4) is 0 Å². The van der Waals surface area contributed by atoms with Crippen LogP contribution in [0.2, 0.25) is 0 Å². The number of anilines is 1. The van der Waals surface area contributed by atoms with Gasteiger partial charge in [-0.05, 0) is 66.7 Å². The van der Waals surface area contributed by atoms with E-state index in [1.807, 2.05) is 6.92 Å². The molecule has 1 aliphatic heterocycles. The second-order valence-electron chi connectivity index (χ2n) is 12.8. The Hall–Kier alpha value is -3.76. The minimum Gasteiger partial charge on any atom is -0.363 e. The molecule has 5 amide bonds. The molecule has 11 nitrogen and oxygen atoms in total. The summed E-state index contributed by atoms with van der Waals surface area (Å²) < 4.78 is 0. The molecular weight excluding hydrogens is 550 g/mol. The number of nitrogens with one attached hydrogen (secondary N) is 3. The van der Waals surface area contributed by atoms with Crippen LogP contribution in [0.5, 0.6) is 0 Å². The summed E-state index contributed by atoms with van der Waals surface area (Å²) in [6.07, 6.45) is 5.70. The number of ketones is 2. The maximum atomic E-state index is 14.3. The molecule has 5 N–H and O–H groups in total. The van der Waals surface area contributed by atoms with Crippen molar-refractivity contribution >= 4 is 41.0 Å². The number of hydrogen-bond acceptors (Lipinski definition) is 6. The lowest BCUT2D eigenvalue weighted by Gasteiger charge is -2.37. The molecule has 2 saturated carbocycles. The molecule has 0 radical (unpaired) electrons. The minimum absolute atomic E-state index is 0.00407. The summed E-state index contributed by atoms with van der Waals surface area (Å²) in [5.74, 6) is -2.85. The van der Waals surface area contributed by atoms with Gasteiger partial charge in [0.25, 0.3) is 5.91 Å². The Morgan fingerprint density at radius 1 is 0.977 bits per heavy atom. The SMILES string of the molecule is CCCC(NC(=O)[C@@H]1C2C(CN1C(=O)[C@@H](NC(=O)Nc1ccc(C(=O)CC)cc1)C1CCCCC1)C2(C)C)C(=O)C(N)=O. The largest absolute Gasteiger partial charge is 0.363 e. The van der Waals surface area contributed by atoms with Gasteiger partial charge in [0.15, 0.2) is 5.78 Å². The maximum absolute atomic E-state index is 14.3. The number of primary amides is 1. The highest BCUT2D eigenvalue weighted by Crippen LogP contribution is 2.65. The molecule has 0 aromatic heterocycles. The number of nitrogens with zero attached hydrogens (tertiary/aromatic N) is 1. The quantitative estimate of drug-likeness (QED) is 0.214. The molecule has 1 aromatic carbocycles. The first-order valence-corrected chi connectivity index (χ1v) is 15.6. The predicted octanol–water partition coefficient (Wildman–Crippen LogP) is 3.17. The summed E-state index contributed by atoms with van der Waals surface area (Å²) >= 11 is 0. The number of piperidine rings is 1. The van der Waals surface area contributed by atoms with Gasteiger partial charge in [-0.25, -0.2) is 4.79 Å². The number of amides is 5. The molecule has 3 aliphatic rings. The Kier molecular flexibility index (Phi) is 9.92. The summed E-state index contributed by atoms with van der Waals surface area (Å²) in [6, 6.07) is 3.35. The molecule has 0 bridgehead atoms. The number of carbonyl (C=O) groups excluding carboxylic acids is 6. The maximum Gasteiger partial charge on any atom is 0.319 e. The van der Waals surface area contributed by atoms with Crippen molar-refractivity contribution in [3.63, 3.8) is 0 Å². The number of rotatable bonds is 12. The van der Waals surface area contributed by atoms with E-state index in [4.69, 9.17) is 5.73 Å². The number of Topliss-reactive ketones (excluding diaryl/α,β-unsaturated/α-hetero) is 2. The first kappa shape index (κ1) is 32.2. The van der Waals surface area contributed by atoms with Crippen LogP contribution in [0.4, 0.5) is 10.5 Å². The topological polar surface area (TPSA) is 168 Å². The van der Waals surface area contributed by atoms with E-state index in [0.717, 1.165) is 32.1 Å². The third-order valence-corrected chi connectivity index (χ3v) is 9.67. The summed E-state index contributed by atoms with van der Waals surface area (Å²) in [7, 11) is 0. The highest BCUT2D eigenvalue weighted by atomic mass is 16.2. The van der Waals surface area contributed by atoms with Crippen molar-refractivity contribution in [3.05, 3.63) is 29.8 Å². The number of likely N-dealkylation sites (tertiary alicyclic amines) is 1. The van der Waals surface area contributed by atoms with E-state index in [1.54, 1.807) is 36.1 Å². The fourth-order valence-electron chi connectivity index (χ4n) is 7.08. The van der Waals surface area contributed by atoms with Crippen LogP contribution in [0, 0.1) is 23.2 Å². The molecule has 4 rings (SSSR count). The molecule has 5 atom stereocenters. The van der Waals surface area contributed by atoms with Crippen LogP contribution in [-0.2, 0) is 19.2 Å². The van der Waals surface area contributed by atoms with Gasteiger partial charge in [-0.3, -0.25) is 24.0 Å². The van der Waals surface area contributed by atoms with Crippen molar-refractivity contribution in [2.45, 2.75) is 97.2 Å². The zero-order valence-electron chi connectivity index (χ0n) is 25.6. The fraction of sp³-hybridized carbons (Fsp3) is 0.625. The Balaban J connectivity index is 1.54. The number of hydrogen-bond donors (Lipinski definition) is 4. The van der Waals surface area contributed by atoms with Crippen molar-refractivity contribution in [2.75, 3.05) is 11.9 Å². The second-order valence-corrected chi connectivity index (χ2v) is 12.8. The third-order valence-electron chi connectivity index (χ3n) is 9.67. The number of nitrogens with two attached hydrogens (primary N) is 1. The third kappa shape index (κ3) is 6.91. The lowest BCUT2D eigenvalue weighted by Crippen LogP contribution is -2.59. The van der Waals surface area contributed by atoms with E-state index >= 15 is 0 Å². The molecule has 0 spiro atoms. The zero-order valence-corrected chi connectivity index (χ0v) is 25.6. The van der Waals surface area contributed by atoms with Crippen LogP contribution >= 0.6 is 0 Å². The van der Waals surface area contributed by atoms with Gasteiger partial charge < -0.3 is 26.6 Å². The van der Waals surface area contributed by atoms with E-state index in [1.165, 1.54) is 0 Å². The fourth-order valence-corrected chi connectivity index (χ4v) is 7.08. The van der Waals surface area contributed by atoms with Crippen molar-refractivity contribution < 1.29 is 28.8 Å². The van der Waals surface area contributed by atoms with Crippen molar-refractivity contribution in [1.29, 1.82) is 0 Å². The Morgan fingerprint density at radius 3 is 2.21 bits per heavy atom. The highest BCUT2D eigenvalue weighted by Gasteiger charge is 2.69. The van der Waals surface area contributed by atoms with Crippen LogP contribution in [0.15, 0.2) is 24.3 Å². The van der Waals surface area contributed by atoms with Gasteiger partial charge in [0.2, 0.25) is 17.6 Å². The highest BCUT2D eigenvalue weighted by molar-refractivity contribution is 6.37. The molecule has 1 saturated heterocycles. The molecule has 11 heteroatoms. The van der Waals surface area contributed by atoms with E-state index in [-0.39, 0.29) is 41.3 Å². The molecule has 1 aromatic rings.